The average Bonchev–Trinajstić information content (AvgIpc) is 2.29. The summed E-state index contributed by atoms with van der Waals surface area (Å²) in [6.45, 7) is 10.7. The predicted octanol–water partition coefficient (Wildman–Crippen LogP) is 4.76. The van der Waals surface area contributed by atoms with E-state index >= 15 is 0 Å². The van der Waals surface area contributed by atoms with Crippen molar-refractivity contribution in [1.82, 2.24) is 5.32 Å². The third kappa shape index (κ3) is 6.45. The Bertz CT molecular complexity index is 190. The van der Waals surface area contributed by atoms with Gasteiger partial charge in [-0.2, -0.15) is 0 Å². The Kier molecular flexibility index (Phi) is 6.54. The quantitative estimate of drug-likeness (QED) is 0.632. The lowest BCUT2D eigenvalue weighted by Gasteiger charge is -2.32. The largest absolute Gasteiger partial charge is 0.313 e. The molecule has 1 fully saturated rings. The lowest BCUT2D eigenvalue weighted by atomic mass is 9.84. The molecule has 0 aromatic heterocycles. The van der Waals surface area contributed by atoms with Crippen molar-refractivity contribution in [2.75, 3.05) is 6.54 Å². The molecular weight excluding hydrogens is 206 g/mol. The molecule has 1 saturated carbocycles. The fourth-order valence-electron chi connectivity index (χ4n) is 2.83. The third-order valence-electron chi connectivity index (χ3n) is 4.34. The normalized spacial score (nSPS) is 26.1. The molecule has 0 aromatic rings. The second-order valence-corrected chi connectivity index (χ2v) is 6.96. The van der Waals surface area contributed by atoms with Gasteiger partial charge in [0.05, 0.1) is 0 Å². The Labute approximate surface area is 109 Å². The molecule has 17 heavy (non-hydrogen) atoms. The van der Waals surface area contributed by atoms with Gasteiger partial charge in [0.1, 0.15) is 0 Å². The Balaban J connectivity index is 2.15. The van der Waals surface area contributed by atoms with Crippen molar-refractivity contribution in [2.24, 2.45) is 11.3 Å². The lowest BCUT2D eigenvalue weighted by molar-refractivity contribution is 0.248. The smallest absolute Gasteiger partial charge is 0.00674 e. The molecule has 0 unspecified atom stereocenters. The molecule has 0 radical (unpaired) electrons. The summed E-state index contributed by atoms with van der Waals surface area (Å²) in [5, 5.41) is 3.81. The van der Waals surface area contributed by atoms with Gasteiger partial charge in [-0.15, -0.1) is 0 Å². The van der Waals surface area contributed by atoms with E-state index in [1.807, 2.05) is 0 Å². The summed E-state index contributed by atoms with van der Waals surface area (Å²) in [5.41, 5.74) is 0.484. The Morgan fingerprint density at radius 3 is 2.29 bits per heavy atom. The number of rotatable bonds is 7. The van der Waals surface area contributed by atoms with Gasteiger partial charge in [0.25, 0.3) is 0 Å². The highest BCUT2D eigenvalue weighted by Crippen LogP contribution is 2.26. The Morgan fingerprint density at radius 1 is 1.06 bits per heavy atom. The number of hydrogen-bond acceptors (Lipinski definition) is 1. The SMILES string of the molecule is CCCCCC(C)(C)CNC1CCC(C)CC1. The molecule has 1 rings (SSSR count). The summed E-state index contributed by atoms with van der Waals surface area (Å²) in [6.07, 6.45) is 11.1. The van der Waals surface area contributed by atoms with Gasteiger partial charge in [-0.05, 0) is 43.4 Å². The van der Waals surface area contributed by atoms with Crippen molar-refractivity contribution >= 4 is 0 Å². The first-order valence-corrected chi connectivity index (χ1v) is 7.77. The van der Waals surface area contributed by atoms with Crippen LogP contribution in [0.5, 0.6) is 0 Å². The van der Waals surface area contributed by atoms with Crippen LogP contribution in [0.25, 0.3) is 0 Å². The van der Waals surface area contributed by atoms with Gasteiger partial charge in [-0.1, -0.05) is 47.0 Å². The van der Waals surface area contributed by atoms with Crippen molar-refractivity contribution in [2.45, 2.75) is 85.1 Å². The molecular formula is C16H33N. The van der Waals surface area contributed by atoms with Crippen molar-refractivity contribution in [3.05, 3.63) is 0 Å². The van der Waals surface area contributed by atoms with E-state index in [1.165, 1.54) is 57.9 Å². The van der Waals surface area contributed by atoms with E-state index in [9.17, 15) is 0 Å². The van der Waals surface area contributed by atoms with Gasteiger partial charge in [0, 0.05) is 12.6 Å². The van der Waals surface area contributed by atoms with Crippen LogP contribution in [0.15, 0.2) is 0 Å². The predicted molar refractivity (Wildman–Crippen MR) is 77.3 cm³/mol. The van der Waals surface area contributed by atoms with E-state index in [1.54, 1.807) is 0 Å². The molecule has 1 aliphatic rings. The number of hydrogen-bond donors (Lipinski definition) is 1. The van der Waals surface area contributed by atoms with E-state index in [0.717, 1.165) is 12.0 Å². The van der Waals surface area contributed by atoms with E-state index in [4.69, 9.17) is 0 Å². The van der Waals surface area contributed by atoms with Crippen LogP contribution in [0.4, 0.5) is 0 Å². The summed E-state index contributed by atoms with van der Waals surface area (Å²) in [4.78, 5) is 0. The second kappa shape index (κ2) is 7.41. The van der Waals surface area contributed by atoms with Crippen LogP contribution in [0, 0.1) is 11.3 Å². The topological polar surface area (TPSA) is 12.0 Å². The molecule has 0 spiro atoms. The number of nitrogens with one attached hydrogen (secondary N) is 1. The highest BCUT2D eigenvalue weighted by Gasteiger charge is 2.22. The van der Waals surface area contributed by atoms with E-state index < -0.39 is 0 Å². The monoisotopic (exact) mass is 239 g/mol. The molecule has 0 saturated heterocycles. The highest BCUT2D eigenvalue weighted by molar-refractivity contribution is 4.79. The zero-order valence-corrected chi connectivity index (χ0v) is 12.5. The van der Waals surface area contributed by atoms with Crippen molar-refractivity contribution in [3.63, 3.8) is 0 Å². The van der Waals surface area contributed by atoms with E-state index in [-0.39, 0.29) is 0 Å². The van der Waals surface area contributed by atoms with Gasteiger partial charge in [0.15, 0.2) is 0 Å². The molecule has 1 aliphatic carbocycles. The van der Waals surface area contributed by atoms with Crippen molar-refractivity contribution < 1.29 is 0 Å². The van der Waals surface area contributed by atoms with E-state index in [2.05, 4.69) is 33.0 Å². The van der Waals surface area contributed by atoms with Gasteiger partial charge in [-0.3, -0.25) is 0 Å². The average molecular weight is 239 g/mol. The van der Waals surface area contributed by atoms with Crippen LogP contribution in [0.2, 0.25) is 0 Å². The van der Waals surface area contributed by atoms with Crippen LogP contribution in [0.3, 0.4) is 0 Å². The Hall–Kier alpha value is -0.0400. The molecule has 0 amide bonds. The number of unbranched alkanes of at least 4 members (excludes halogenated alkanes) is 2. The molecule has 0 bridgehead atoms. The molecule has 0 heterocycles. The van der Waals surface area contributed by atoms with Crippen molar-refractivity contribution in [1.29, 1.82) is 0 Å². The minimum Gasteiger partial charge on any atom is -0.313 e. The van der Waals surface area contributed by atoms with Gasteiger partial charge >= 0.3 is 0 Å². The molecule has 0 aliphatic heterocycles. The van der Waals surface area contributed by atoms with E-state index in [0.29, 0.717) is 5.41 Å². The van der Waals surface area contributed by atoms with Gasteiger partial charge in [0.2, 0.25) is 0 Å². The first-order chi connectivity index (χ1) is 8.03. The molecule has 1 N–H and O–H groups in total. The maximum atomic E-state index is 3.81. The molecule has 1 nitrogen and oxygen atoms in total. The van der Waals surface area contributed by atoms with Crippen LogP contribution in [0.1, 0.15) is 79.1 Å². The minimum atomic E-state index is 0.484. The fourth-order valence-corrected chi connectivity index (χ4v) is 2.83. The Morgan fingerprint density at radius 2 is 1.71 bits per heavy atom. The van der Waals surface area contributed by atoms with Crippen LogP contribution in [-0.2, 0) is 0 Å². The summed E-state index contributed by atoms with van der Waals surface area (Å²) in [6, 6.07) is 0.802. The zero-order valence-electron chi connectivity index (χ0n) is 12.5. The summed E-state index contributed by atoms with van der Waals surface area (Å²) in [5.74, 6) is 0.964. The van der Waals surface area contributed by atoms with Crippen LogP contribution in [-0.4, -0.2) is 12.6 Å². The molecule has 0 aromatic carbocycles. The lowest BCUT2D eigenvalue weighted by Crippen LogP contribution is -2.39. The molecule has 1 heteroatoms. The first-order valence-electron chi connectivity index (χ1n) is 7.77. The molecule has 0 atom stereocenters. The summed E-state index contributed by atoms with van der Waals surface area (Å²) in [7, 11) is 0. The van der Waals surface area contributed by atoms with Gasteiger partial charge < -0.3 is 5.32 Å². The molecule has 102 valence electrons. The van der Waals surface area contributed by atoms with Gasteiger partial charge in [-0.25, -0.2) is 0 Å². The first kappa shape index (κ1) is 15.0. The second-order valence-electron chi connectivity index (χ2n) is 6.96. The van der Waals surface area contributed by atoms with Crippen molar-refractivity contribution in [3.8, 4) is 0 Å². The highest BCUT2D eigenvalue weighted by atomic mass is 14.9. The maximum absolute atomic E-state index is 3.81. The standard InChI is InChI=1S/C16H33N/c1-5-6-7-12-16(3,4)13-17-15-10-8-14(2)9-11-15/h14-15,17H,5-13H2,1-4H3. The maximum Gasteiger partial charge on any atom is 0.00674 e. The van der Waals surface area contributed by atoms with Crippen LogP contribution < -0.4 is 5.32 Å². The summed E-state index contributed by atoms with van der Waals surface area (Å²) >= 11 is 0. The zero-order chi connectivity index (χ0) is 12.7. The van der Waals surface area contributed by atoms with Crippen LogP contribution >= 0.6 is 0 Å². The fraction of sp³-hybridized carbons (Fsp3) is 1.00. The minimum absolute atomic E-state index is 0.484. The summed E-state index contributed by atoms with van der Waals surface area (Å²) < 4.78 is 0. The third-order valence-corrected chi connectivity index (χ3v) is 4.34.